The molecule has 0 saturated heterocycles. The highest BCUT2D eigenvalue weighted by molar-refractivity contribution is 6.30. The zero-order valence-corrected chi connectivity index (χ0v) is 8.02. The fourth-order valence-corrected chi connectivity index (χ4v) is 1.19. The van der Waals surface area contributed by atoms with Gasteiger partial charge in [-0.3, -0.25) is 9.67 Å². The number of rotatable bonds is 2. The van der Waals surface area contributed by atoms with Crippen molar-refractivity contribution in [2.45, 2.75) is 6.54 Å². The second-order valence-electron chi connectivity index (χ2n) is 2.79. The molecule has 0 amide bonds. The number of nitrogen functional groups attached to an aromatic ring is 1. The average molecular weight is 210 g/mol. The van der Waals surface area contributed by atoms with Gasteiger partial charge in [0.1, 0.15) is 5.82 Å². The number of hydrogen-bond donors (Lipinski definition) is 1. The van der Waals surface area contributed by atoms with E-state index >= 15 is 0 Å². The summed E-state index contributed by atoms with van der Waals surface area (Å²) in [5, 5.41) is 4.62. The lowest BCUT2D eigenvalue weighted by atomic mass is 10.4. The Balaban J connectivity index is 2.15. The Labute approximate surface area is 85.5 Å². The van der Waals surface area contributed by atoms with E-state index in [9.17, 15) is 0 Å². The van der Waals surface area contributed by atoms with Crippen LogP contribution in [0.15, 0.2) is 24.8 Å². The van der Waals surface area contributed by atoms with E-state index in [1.54, 1.807) is 23.3 Å². The minimum atomic E-state index is 0.409. The molecule has 0 saturated carbocycles. The summed E-state index contributed by atoms with van der Waals surface area (Å²) in [6.45, 7) is 0.542. The van der Waals surface area contributed by atoms with Crippen LogP contribution in [0.2, 0.25) is 5.02 Å². The van der Waals surface area contributed by atoms with Crippen LogP contribution in [0.25, 0.3) is 0 Å². The average Bonchev–Trinajstić information content (AvgIpc) is 2.56. The summed E-state index contributed by atoms with van der Waals surface area (Å²) in [4.78, 5) is 8.01. The predicted molar refractivity (Wildman–Crippen MR) is 52.8 cm³/mol. The zero-order valence-electron chi connectivity index (χ0n) is 7.26. The minimum Gasteiger partial charge on any atom is -0.382 e. The SMILES string of the molecule is Nc1cnc(Cn2cc(Cl)cn2)cn1. The van der Waals surface area contributed by atoms with Crippen molar-refractivity contribution in [3.05, 3.63) is 35.5 Å². The standard InChI is InChI=1S/C8H8ClN5/c9-6-1-13-14(4-6)5-7-2-12-8(10)3-11-7/h1-4H,5H2,(H2,10,12). The molecule has 0 aromatic carbocycles. The molecule has 2 aromatic rings. The Morgan fingerprint density at radius 3 is 2.71 bits per heavy atom. The third-order valence-corrected chi connectivity index (χ3v) is 1.85. The summed E-state index contributed by atoms with van der Waals surface area (Å²) in [7, 11) is 0. The van der Waals surface area contributed by atoms with Crippen molar-refractivity contribution in [1.82, 2.24) is 19.7 Å². The molecule has 0 bridgehead atoms. The first-order valence-corrected chi connectivity index (χ1v) is 4.36. The molecule has 0 spiro atoms. The molecular formula is C8H8ClN5. The van der Waals surface area contributed by atoms with Crippen molar-refractivity contribution in [1.29, 1.82) is 0 Å². The number of halogens is 1. The van der Waals surface area contributed by atoms with Crippen LogP contribution < -0.4 is 5.73 Å². The highest BCUT2D eigenvalue weighted by Gasteiger charge is 1.99. The predicted octanol–water partition coefficient (Wildman–Crippen LogP) is 0.957. The van der Waals surface area contributed by atoms with Crippen LogP contribution in [0.3, 0.4) is 0 Å². The molecule has 0 aliphatic rings. The number of nitrogens with zero attached hydrogens (tertiary/aromatic N) is 4. The molecule has 0 radical (unpaired) electrons. The number of anilines is 1. The molecule has 2 N–H and O–H groups in total. The van der Waals surface area contributed by atoms with E-state index in [0.29, 0.717) is 17.4 Å². The van der Waals surface area contributed by atoms with Gasteiger partial charge in [0, 0.05) is 6.20 Å². The lowest BCUT2D eigenvalue weighted by molar-refractivity contribution is 0.670. The van der Waals surface area contributed by atoms with Crippen LogP contribution in [0.1, 0.15) is 5.69 Å². The van der Waals surface area contributed by atoms with Crippen LogP contribution in [-0.4, -0.2) is 19.7 Å². The van der Waals surface area contributed by atoms with Crippen molar-refractivity contribution in [3.63, 3.8) is 0 Å². The quantitative estimate of drug-likeness (QED) is 0.800. The maximum Gasteiger partial charge on any atom is 0.141 e. The van der Waals surface area contributed by atoms with Crippen molar-refractivity contribution in [2.24, 2.45) is 0 Å². The van der Waals surface area contributed by atoms with Gasteiger partial charge in [0.05, 0.1) is 35.9 Å². The lowest BCUT2D eigenvalue weighted by Gasteiger charge is -1.99. The first-order valence-electron chi connectivity index (χ1n) is 3.98. The van der Waals surface area contributed by atoms with Crippen molar-refractivity contribution in [2.75, 3.05) is 5.73 Å². The largest absolute Gasteiger partial charge is 0.382 e. The lowest BCUT2D eigenvalue weighted by Crippen LogP contribution is -2.03. The van der Waals surface area contributed by atoms with E-state index in [2.05, 4.69) is 15.1 Å². The van der Waals surface area contributed by atoms with E-state index in [1.165, 1.54) is 6.20 Å². The molecule has 5 nitrogen and oxygen atoms in total. The Kier molecular flexibility index (Phi) is 2.32. The molecule has 0 fully saturated rings. The Bertz CT molecular complexity index is 422. The van der Waals surface area contributed by atoms with Crippen molar-refractivity contribution in [3.8, 4) is 0 Å². The molecule has 72 valence electrons. The minimum absolute atomic E-state index is 0.409. The molecule has 2 heterocycles. The summed E-state index contributed by atoms with van der Waals surface area (Å²) >= 11 is 5.71. The summed E-state index contributed by atoms with van der Waals surface area (Å²) in [5.74, 6) is 0.409. The smallest absolute Gasteiger partial charge is 0.141 e. The van der Waals surface area contributed by atoms with Gasteiger partial charge in [-0.2, -0.15) is 5.10 Å². The van der Waals surface area contributed by atoms with Crippen LogP contribution >= 0.6 is 11.6 Å². The van der Waals surface area contributed by atoms with Gasteiger partial charge in [-0.1, -0.05) is 11.6 Å². The van der Waals surface area contributed by atoms with Gasteiger partial charge in [-0.15, -0.1) is 0 Å². The highest BCUT2D eigenvalue weighted by atomic mass is 35.5. The highest BCUT2D eigenvalue weighted by Crippen LogP contribution is 2.06. The number of nitrogens with two attached hydrogens (primary N) is 1. The fourth-order valence-electron chi connectivity index (χ4n) is 1.04. The molecule has 0 unspecified atom stereocenters. The van der Waals surface area contributed by atoms with Crippen LogP contribution in [0.4, 0.5) is 5.82 Å². The van der Waals surface area contributed by atoms with E-state index in [-0.39, 0.29) is 0 Å². The summed E-state index contributed by atoms with van der Waals surface area (Å²) < 4.78 is 1.68. The van der Waals surface area contributed by atoms with Gasteiger partial charge in [-0.25, -0.2) is 4.98 Å². The third-order valence-electron chi connectivity index (χ3n) is 1.65. The van der Waals surface area contributed by atoms with E-state index in [4.69, 9.17) is 17.3 Å². The molecule has 0 atom stereocenters. The summed E-state index contributed by atoms with van der Waals surface area (Å²) in [6.07, 6.45) is 6.43. The molecule has 0 aliphatic carbocycles. The van der Waals surface area contributed by atoms with E-state index < -0.39 is 0 Å². The molecule has 2 rings (SSSR count). The van der Waals surface area contributed by atoms with E-state index in [1.807, 2.05) is 0 Å². The van der Waals surface area contributed by atoms with Gasteiger partial charge in [0.15, 0.2) is 0 Å². The molecule has 0 aliphatic heterocycles. The zero-order chi connectivity index (χ0) is 9.97. The molecule has 6 heteroatoms. The number of hydrogen-bond acceptors (Lipinski definition) is 4. The van der Waals surface area contributed by atoms with Crippen molar-refractivity contribution >= 4 is 17.4 Å². The second kappa shape index (κ2) is 3.63. The molecular weight excluding hydrogens is 202 g/mol. The van der Waals surface area contributed by atoms with Gasteiger partial charge in [-0.05, 0) is 0 Å². The van der Waals surface area contributed by atoms with Gasteiger partial charge < -0.3 is 5.73 Å². The van der Waals surface area contributed by atoms with Crippen LogP contribution in [0, 0.1) is 0 Å². The normalized spacial score (nSPS) is 10.4. The van der Waals surface area contributed by atoms with Crippen molar-refractivity contribution < 1.29 is 0 Å². The van der Waals surface area contributed by atoms with Gasteiger partial charge in [0.2, 0.25) is 0 Å². The van der Waals surface area contributed by atoms with Crippen LogP contribution in [0.5, 0.6) is 0 Å². The van der Waals surface area contributed by atoms with Crippen LogP contribution in [-0.2, 0) is 6.54 Å². The summed E-state index contributed by atoms with van der Waals surface area (Å²) in [5.41, 5.74) is 6.20. The van der Waals surface area contributed by atoms with Gasteiger partial charge >= 0.3 is 0 Å². The maximum absolute atomic E-state index is 5.71. The first-order chi connectivity index (χ1) is 6.74. The monoisotopic (exact) mass is 209 g/mol. The first kappa shape index (κ1) is 8.96. The Morgan fingerprint density at radius 1 is 1.29 bits per heavy atom. The number of aromatic nitrogens is 4. The third kappa shape index (κ3) is 2.00. The fraction of sp³-hybridized carbons (Fsp3) is 0.125. The van der Waals surface area contributed by atoms with Gasteiger partial charge in [0.25, 0.3) is 0 Å². The Hall–Kier alpha value is -1.62. The molecule has 2 aromatic heterocycles. The topological polar surface area (TPSA) is 69.6 Å². The second-order valence-corrected chi connectivity index (χ2v) is 3.23. The maximum atomic E-state index is 5.71. The van der Waals surface area contributed by atoms with E-state index in [0.717, 1.165) is 5.69 Å². The Morgan fingerprint density at radius 2 is 2.14 bits per heavy atom. The molecule has 14 heavy (non-hydrogen) atoms. The summed E-state index contributed by atoms with van der Waals surface area (Å²) in [6, 6.07) is 0.